The summed E-state index contributed by atoms with van der Waals surface area (Å²) in [7, 11) is 0. The molecule has 0 saturated carbocycles. The summed E-state index contributed by atoms with van der Waals surface area (Å²) in [6, 6.07) is 7.44. The first-order valence-corrected chi connectivity index (χ1v) is 6.63. The number of hydrogen-bond acceptors (Lipinski definition) is 5. The molecule has 1 amide bonds. The number of H-pyrrole nitrogens is 1. The average molecular weight is 286 g/mol. The maximum atomic E-state index is 12.2. The van der Waals surface area contributed by atoms with Crippen LogP contribution in [0.3, 0.4) is 0 Å². The van der Waals surface area contributed by atoms with Crippen LogP contribution in [0.1, 0.15) is 15.2 Å². The van der Waals surface area contributed by atoms with E-state index < -0.39 is 0 Å². The van der Waals surface area contributed by atoms with Gasteiger partial charge in [-0.15, -0.1) is 0 Å². The Morgan fingerprint density at radius 2 is 2.00 bits per heavy atom. The van der Waals surface area contributed by atoms with Crippen molar-refractivity contribution in [1.29, 1.82) is 0 Å². The summed E-state index contributed by atoms with van der Waals surface area (Å²) >= 11 is 0.963. The second-order valence-electron chi connectivity index (χ2n) is 4.26. The minimum atomic E-state index is -0.347. The lowest BCUT2D eigenvalue weighted by Gasteiger charge is -2.03. The topological polar surface area (TPSA) is 87.7 Å². The lowest BCUT2D eigenvalue weighted by molar-refractivity contribution is 0.103. The molecule has 0 aliphatic heterocycles. The van der Waals surface area contributed by atoms with Crippen LogP contribution in [0.15, 0.2) is 35.4 Å². The summed E-state index contributed by atoms with van der Waals surface area (Å²) in [4.78, 5) is 30.5. The van der Waals surface area contributed by atoms with Crippen molar-refractivity contribution in [1.82, 2.24) is 14.3 Å². The first-order chi connectivity index (χ1) is 9.65. The molecule has 0 fully saturated rings. The van der Waals surface area contributed by atoms with E-state index in [0.717, 1.165) is 17.1 Å². The van der Waals surface area contributed by atoms with Gasteiger partial charge in [0.15, 0.2) is 5.52 Å². The molecule has 0 radical (unpaired) electrons. The molecule has 1 aromatic carbocycles. The molecule has 2 heterocycles. The number of aromatic nitrogens is 3. The van der Waals surface area contributed by atoms with E-state index in [4.69, 9.17) is 0 Å². The summed E-state index contributed by atoms with van der Waals surface area (Å²) in [5.74, 6) is -0.320. The van der Waals surface area contributed by atoms with Crippen molar-refractivity contribution in [2.75, 3.05) is 5.32 Å². The van der Waals surface area contributed by atoms with Crippen LogP contribution in [-0.2, 0) is 0 Å². The Morgan fingerprint density at radius 1 is 1.25 bits per heavy atom. The van der Waals surface area contributed by atoms with Crippen LogP contribution in [0.25, 0.3) is 11.0 Å². The molecule has 0 aliphatic rings. The third kappa shape index (κ3) is 2.19. The molecule has 0 aliphatic carbocycles. The van der Waals surface area contributed by atoms with Gasteiger partial charge in [-0.1, -0.05) is 17.7 Å². The summed E-state index contributed by atoms with van der Waals surface area (Å²) in [5, 5.41) is 2.76. The first-order valence-electron chi connectivity index (χ1n) is 5.86. The van der Waals surface area contributed by atoms with Crippen molar-refractivity contribution in [3.63, 3.8) is 0 Å². The van der Waals surface area contributed by atoms with E-state index in [-0.39, 0.29) is 17.0 Å². The van der Waals surface area contributed by atoms with Crippen molar-refractivity contribution < 1.29 is 4.79 Å². The fourth-order valence-electron chi connectivity index (χ4n) is 1.75. The summed E-state index contributed by atoms with van der Waals surface area (Å²) < 4.78 is 3.97. The fraction of sp³-hybridized carbons (Fsp3) is 0.0769. The standard InChI is InChI=1S/C13H10N4O2S/c1-7-2-4-8(5-3-7)16-13(19)11-9-10(17-20-11)12(18)15-6-14-9/h2-6H,1H3,(H,16,19)(H,14,15,18). The van der Waals surface area contributed by atoms with Gasteiger partial charge in [-0.3, -0.25) is 9.59 Å². The number of aryl methyl sites for hydroxylation is 1. The smallest absolute Gasteiger partial charge is 0.278 e. The highest BCUT2D eigenvalue weighted by molar-refractivity contribution is 7.09. The van der Waals surface area contributed by atoms with Crippen LogP contribution >= 0.6 is 11.5 Å². The summed E-state index contributed by atoms with van der Waals surface area (Å²) in [6.45, 7) is 1.97. The van der Waals surface area contributed by atoms with Crippen molar-refractivity contribution >= 4 is 34.2 Å². The van der Waals surface area contributed by atoms with Crippen LogP contribution in [0.5, 0.6) is 0 Å². The van der Waals surface area contributed by atoms with Crippen LogP contribution in [0.4, 0.5) is 5.69 Å². The van der Waals surface area contributed by atoms with E-state index in [1.54, 1.807) is 0 Å². The fourth-order valence-corrected chi connectivity index (χ4v) is 2.47. The molecule has 3 rings (SSSR count). The number of nitrogens with one attached hydrogen (secondary N) is 2. The van der Waals surface area contributed by atoms with Crippen molar-refractivity contribution in [2.24, 2.45) is 0 Å². The third-order valence-electron chi connectivity index (χ3n) is 2.79. The summed E-state index contributed by atoms with van der Waals surface area (Å²) in [5.41, 5.74) is 1.96. The normalized spacial score (nSPS) is 10.7. The molecule has 0 saturated heterocycles. The Kier molecular flexibility index (Phi) is 3.03. The molecule has 0 unspecified atom stereocenters. The minimum Gasteiger partial charge on any atom is -0.321 e. The number of carbonyl (C=O) groups excluding carboxylic acids is 1. The van der Waals surface area contributed by atoms with E-state index in [1.807, 2.05) is 31.2 Å². The Balaban J connectivity index is 1.95. The SMILES string of the molecule is Cc1ccc(NC(=O)c2snc3c(=O)[nH]cnc23)cc1. The van der Waals surface area contributed by atoms with Crippen LogP contribution in [-0.4, -0.2) is 20.2 Å². The lowest BCUT2D eigenvalue weighted by atomic mass is 10.2. The number of rotatable bonds is 2. The monoisotopic (exact) mass is 286 g/mol. The van der Waals surface area contributed by atoms with E-state index in [2.05, 4.69) is 19.7 Å². The van der Waals surface area contributed by atoms with Gasteiger partial charge in [-0.2, -0.15) is 4.37 Å². The maximum absolute atomic E-state index is 12.2. The first kappa shape index (κ1) is 12.5. The number of carbonyl (C=O) groups is 1. The van der Waals surface area contributed by atoms with Gasteiger partial charge in [0.25, 0.3) is 11.5 Å². The molecule has 100 valence electrons. The van der Waals surface area contributed by atoms with Crippen LogP contribution in [0, 0.1) is 6.92 Å². The van der Waals surface area contributed by atoms with Crippen molar-refractivity contribution in [2.45, 2.75) is 6.92 Å². The predicted molar refractivity (Wildman–Crippen MR) is 77.2 cm³/mol. The maximum Gasteiger partial charge on any atom is 0.278 e. The molecular weight excluding hydrogens is 276 g/mol. The van der Waals surface area contributed by atoms with E-state index in [0.29, 0.717) is 16.1 Å². The Labute approximate surface area is 117 Å². The number of aromatic amines is 1. The molecule has 0 bridgehead atoms. The van der Waals surface area contributed by atoms with E-state index in [1.165, 1.54) is 6.33 Å². The molecule has 2 N–H and O–H groups in total. The van der Waals surface area contributed by atoms with Crippen LogP contribution < -0.4 is 10.9 Å². The van der Waals surface area contributed by atoms with Crippen molar-refractivity contribution in [3.05, 3.63) is 51.4 Å². The Hall–Kier alpha value is -2.54. The van der Waals surface area contributed by atoms with Gasteiger partial charge in [0.2, 0.25) is 0 Å². The zero-order valence-electron chi connectivity index (χ0n) is 10.5. The zero-order chi connectivity index (χ0) is 14.1. The van der Waals surface area contributed by atoms with Gasteiger partial charge in [0.1, 0.15) is 10.4 Å². The molecular formula is C13H10N4O2S. The molecule has 2 aromatic heterocycles. The number of anilines is 1. The second kappa shape index (κ2) is 4.86. The highest BCUT2D eigenvalue weighted by atomic mass is 32.1. The average Bonchev–Trinajstić information content (AvgIpc) is 2.87. The molecule has 20 heavy (non-hydrogen) atoms. The molecule has 0 atom stereocenters. The van der Waals surface area contributed by atoms with Gasteiger partial charge in [0.05, 0.1) is 6.33 Å². The second-order valence-corrected chi connectivity index (χ2v) is 5.03. The molecule has 0 spiro atoms. The number of hydrogen-bond donors (Lipinski definition) is 2. The minimum absolute atomic E-state index is 0.187. The quantitative estimate of drug-likeness (QED) is 0.753. The molecule has 7 heteroatoms. The third-order valence-corrected chi connectivity index (χ3v) is 3.62. The number of benzene rings is 1. The largest absolute Gasteiger partial charge is 0.321 e. The van der Waals surface area contributed by atoms with Gasteiger partial charge < -0.3 is 10.3 Å². The predicted octanol–water partition coefficient (Wildman–Crippen LogP) is 1.94. The Bertz CT molecular complexity index is 835. The van der Waals surface area contributed by atoms with Gasteiger partial charge in [0, 0.05) is 5.69 Å². The number of amides is 1. The highest BCUT2D eigenvalue weighted by Gasteiger charge is 2.17. The van der Waals surface area contributed by atoms with Gasteiger partial charge >= 0.3 is 0 Å². The van der Waals surface area contributed by atoms with E-state index >= 15 is 0 Å². The molecule has 3 aromatic rings. The van der Waals surface area contributed by atoms with Gasteiger partial charge in [-0.25, -0.2) is 4.98 Å². The number of nitrogens with zero attached hydrogens (tertiary/aromatic N) is 2. The highest BCUT2D eigenvalue weighted by Crippen LogP contribution is 2.19. The van der Waals surface area contributed by atoms with E-state index in [9.17, 15) is 9.59 Å². The zero-order valence-corrected chi connectivity index (χ0v) is 11.3. The van der Waals surface area contributed by atoms with Crippen molar-refractivity contribution in [3.8, 4) is 0 Å². The lowest BCUT2D eigenvalue weighted by Crippen LogP contribution is -2.12. The van der Waals surface area contributed by atoms with Gasteiger partial charge in [-0.05, 0) is 30.6 Å². The van der Waals surface area contributed by atoms with Crippen LogP contribution in [0.2, 0.25) is 0 Å². The Morgan fingerprint density at radius 3 is 2.75 bits per heavy atom. The number of fused-ring (bicyclic) bond motifs is 1. The molecule has 6 nitrogen and oxygen atoms in total. The summed E-state index contributed by atoms with van der Waals surface area (Å²) in [6.07, 6.45) is 1.27.